The van der Waals surface area contributed by atoms with Gasteiger partial charge in [0.15, 0.2) is 0 Å². The number of hydrogen-bond donors (Lipinski definition) is 1. The van der Waals surface area contributed by atoms with E-state index in [9.17, 15) is 0 Å². The summed E-state index contributed by atoms with van der Waals surface area (Å²) in [6, 6.07) is 0. The second-order valence-electron chi connectivity index (χ2n) is 7.12. The Labute approximate surface area is 140 Å². The first-order valence-electron chi connectivity index (χ1n) is 9.54. The Balaban J connectivity index is 0.000000604. The van der Waals surface area contributed by atoms with Gasteiger partial charge in [-0.2, -0.15) is 0 Å². The molecule has 0 saturated carbocycles. The highest BCUT2D eigenvalue weighted by atomic mass is 16.5. The zero-order chi connectivity index (χ0) is 16.8. The van der Waals surface area contributed by atoms with Crippen LogP contribution in [0.4, 0.5) is 0 Å². The van der Waals surface area contributed by atoms with Crippen LogP contribution in [0, 0.1) is 17.8 Å². The summed E-state index contributed by atoms with van der Waals surface area (Å²) in [6.07, 6.45) is 3.91. The Hall–Kier alpha value is -0.120. The summed E-state index contributed by atoms with van der Waals surface area (Å²) < 4.78 is 5.01. The van der Waals surface area contributed by atoms with Gasteiger partial charge in [0.2, 0.25) is 0 Å². The van der Waals surface area contributed by atoms with Crippen LogP contribution in [-0.2, 0) is 4.74 Å². The zero-order valence-electron chi connectivity index (χ0n) is 16.2. The molecule has 0 spiro atoms. The molecule has 22 heavy (non-hydrogen) atoms. The Kier molecular flexibility index (Phi) is 14.4. The van der Waals surface area contributed by atoms with E-state index in [-0.39, 0.29) is 0 Å². The molecule has 3 atom stereocenters. The van der Waals surface area contributed by atoms with Crippen molar-refractivity contribution in [1.82, 2.24) is 10.2 Å². The molecule has 3 nitrogen and oxygen atoms in total. The maximum absolute atomic E-state index is 5.01. The molecule has 0 amide bonds. The van der Waals surface area contributed by atoms with Crippen LogP contribution in [0.2, 0.25) is 0 Å². The first-order valence-corrected chi connectivity index (χ1v) is 9.54. The fraction of sp³-hybridized carbons (Fsp3) is 1.00. The van der Waals surface area contributed by atoms with E-state index in [0.717, 1.165) is 44.1 Å². The topological polar surface area (TPSA) is 24.5 Å². The van der Waals surface area contributed by atoms with Crippen molar-refractivity contribution < 1.29 is 4.74 Å². The zero-order valence-corrected chi connectivity index (χ0v) is 16.2. The lowest BCUT2D eigenvalue weighted by Crippen LogP contribution is -2.35. The molecule has 0 aromatic heterocycles. The van der Waals surface area contributed by atoms with Crippen molar-refractivity contribution in [3.05, 3.63) is 0 Å². The lowest BCUT2D eigenvalue weighted by Gasteiger charge is -2.30. The molecule has 134 valence electrons. The second-order valence-corrected chi connectivity index (χ2v) is 7.12. The van der Waals surface area contributed by atoms with Crippen LogP contribution >= 0.6 is 0 Å². The molecule has 3 heteroatoms. The number of hydrogen-bond acceptors (Lipinski definition) is 3. The highest BCUT2D eigenvalue weighted by Gasteiger charge is 2.14. The van der Waals surface area contributed by atoms with Crippen LogP contribution in [0.3, 0.4) is 0 Å². The standard InChI is InChI=1S/C15H33N.C4H9NO/c1-7-13(4)10-16(11-14(5)8-2)12-15(6)9-3;1-3-6-4-2-5-1/h13-15H,7-12H2,1-6H3;5H,1-4H2. The number of rotatable bonds is 9. The maximum atomic E-state index is 5.01. The first-order chi connectivity index (χ1) is 10.5. The van der Waals surface area contributed by atoms with E-state index in [4.69, 9.17) is 4.74 Å². The average molecular weight is 315 g/mol. The summed E-state index contributed by atoms with van der Waals surface area (Å²) in [7, 11) is 0. The van der Waals surface area contributed by atoms with Crippen LogP contribution in [-0.4, -0.2) is 50.8 Å². The summed E-state index contributed by atoms with van der Waals surface area (Å²) >= 11 is 0. The quantitative estimate of drug-likeness (QED) is 0.695. The molecule has 1 rings (SSSR count). The van der Waals surface area contributed by atoms with Gasteiger partial charge in [-0.05, 0) is 17.8 Å². The normalized spacial score (nSPS) is 19.2. The lowest BCUT2D eigenvalue weighted by molar-refractivity contribution is 0.109. The number of morpholine rings is 1. The second kappa shape index (κ2) is 14.5. The van der Waals surface area contributed by atoms with E-state index in [0.29, 0.717) is 0 Å². The third-order valence-electron chi connectivity index (χ3n) is 4.65. The van der Waals surface area contributed by atoms with Crippen molar-refractivity contribution in [2.75, 3.05) is 45.9 Å². The van der Waals surface area contributed by atoms with Gasteiger partial charge in [-0.15, -0.1) is 0 Å². The first kappa shape index (κ1) is 21.9. The summed E-state index contributed by atoms with van der Waals surface area (Å²) in [5, 5.41) is 3.16. The van der Waals surface area contributed by atoms with Crippen molar-refractivity contribution >= 4 is 0 Å². The minimum Gasteiger partial charge on any atom is -0.379 e. The Bertz CT molecular complexity index is 191. The van der Waals surface area contributed by atoms with E-state index in [1.165, 1.54) is 38.9 Å². The van der Waals surface area contributed by atoms with Crippen LogP contribution in [0.15, 0.2) is 0 Å². The molecule has 1 aliphatic heterocycles. The monoisotopic (exact) mass is 314 g/mol. The Morgan fingerprint density at radius 3 is 1.32 bits per heavy atom. The molecule has 3 unspecified atom stereocenters. The van der Waals surface area contributed by atoms with Gasteiger partial charge in [-0.1, -0.05) is 60.8 Å². The summed E-state index contributed by atoms with van der Waals surface area (Å²) in [6.45, 7) is 21.7. The largest absolute Gasteiger partial charge is 0.379 e. The molecule has 1 heterocycles. The Morgan fingerprint density at radius 2 is 1.14 bits per heavy atom. The molecule has 0 bridgehead atoms. The molecule has 0 radical (unpaired) electrons. The maximum Gasteiger partial charge on any atom is 0.0591 e. The summed E-state index contributed by atoms with van der Waals surface area (Å²) in [5.41, 5.74) is 0. The number of ether oxygens (including phenoxy) is 1. The smallest absolute Gasteiger partial charge is 0.0591 e. The van der Waals surface area contributed by atoms with Crippen molar-refractivity contribution in [2.24, 2.45) is 17.8 Å². The third-order valence-corrected chi connectivity index (χ3v) is 4.65. The number of nitrogens with one attached hydrogen (secondary N) is 1. The van der Waals surface area contributed by atoms with Crippen LogP contribution < -0.4 is 5.32 Å². The van der Waals surface area contributed by atoms with Gasteiger partial charge < -0.3 is 15.0 Å². The molecular formula is C19H42N2O. The SMILES string of the molecule is C1COCCN1.CCC(C)CN(CC(C)CC)CC(C)CC. The third kappa shape index (κ3) is 12.4. The van der Waals surface area contributed by atoms with E-state index < -0.39 is 0 Å². The minimum absolute atomic E-state index is 0.841. The van der Waals surface area contributed by atoms with Crippen LogP contribution in [0.25, 0.3) is 0 Å². The van der Waals surface area contributed by atoms with E-state index >= 15 is 0 Å². The van der Waals surface area contributed by atoms with Gasteiger partial charge in [0.25, 0.3) is 0 Å². The van der Waals surface area contributed by atoms with Gasteiger partial charge in [0.05, 0.1) is 13.2 Å². The predicted molar refractivity (Wildman–Crippen MR) is 98.5 cm³/mol. The van der Waals surface area contributed by atoms with E-state index in [1.54, 1.807) is 0 Å². The lowest BCUT2D eigenvalue weighted by atomic mass is 10.0. The fourth-order valence-electron chi connectivity index (χ4n) is 2.45. The minimum atomic E-state index is 0.841. The summed E-state index contributed by atoms with van der Waals surface area (Å²) in [4.78, 5) is 2.69. The van der Waals surface area contributed by atoms with Gasteiger partial charge in [0, 0.05) is 32.7 Å². The van der Waals surface area contributed by atoms with Crippen LogP contribution in [0.5, 0.6) is 0 Å². The Morgan fingerprint density at radius 1 is 0.773 bits per heavy atom. The van der Waals surface area contributed by atoms with Gasteiger partial charge in [0.1, 0.15) is 0 Å². The molecule has 1 fully saturated rings. The molecule has 1 aliphatic rings. The predicted octanol–water partition coefficient (Wildman–Crippen LogP) is 4.03. The van der Waals surface area contributed by atoms with Crippen molar-refractivity contribution in [1.29, 1.82) is 0 Å². The van der Waals surface area contributed by atoms with Gasteiger partial charge in [-0.3, -0.25) is 0 Å². The molecule has 1 saturated heterocycles. The highest BCUT2D eigenvalue weighted by molar-refractivity contribution is 4.67. The molecule has 0 aromatic rings. The highest BCUT2D eigenvalue weighted by Crippen LogP contribution is 2.13. The molecule has 0 aromatic carbocycles. The summed E-state index contributed by atoms with van der Waals surface area (Å²) in [5.74, 6) is 2.52. The average Bonchev–Trinajstić information content (AvgIpc) is 2.56. The van der Waals surface area contributed by atoms with E-state index in [1.807, 2.05) is 0 Å². The van der Waals surface area contributed by atoms with E-state index in [2.05, 4.69) is 51.8 Å². The molecule has 1 N–H and O–H groups in total. The molecule has 0 aliphatic carbocycles. The fourth-order valence-corrected chi connectivity index (χ4v) is 2.45. The number of nitrogens with zero attached hydrogens (tertiary/aromatic N) is 1. The van der Waals surface area contributed by atoms with Crippen molar-refractivity contribution in [3.63, 3.8) is 0 Å². The molecular weight excluding hydrogens is 272 g/mol. The van der Waals surface area contributed by atoms with Gasteiger partial charge in [-0.25, -0.2) is 0 Å². The van der Waals surface area contributed by atoms with Crippen molar-refractivity contribution in [3.8, 4) is 0 Å². The van der Waals surface area contributed by atoms with Crippen molar-refractivity contribution in [2.45, 2.75) is 60.8 Å². The van der Waals surface area contributed by atoms with Gasteiger partial charge >= 0.3 is 0 Å². The van der Waals surface area contributed by atoms with Crippen LogP contribution in [0.1, 0.15) is 60.8 Å².